The van der Waals surface area contributed by atoms with Crippen LogP contribution in [0.5, 0.6) is 0 Å². The van der Waals surface area contributed by atoms with Crippen molar-refractivity contribution in [1.29, 1.82) is 0 Å². The number of carbonyl (C=O) groups excluding carboxylic acids is 2. The maximum atomic E-state index is 11.9. The van der Waals surface area contributed by atoms with Crippen LogP contribution < -0.4 is 0 Å². The van der Waals surface area contributed by atoms with Crippen molar-refractivity contribution in [3.05, 3.63) is 35.4 Å². The number of likely N-dealkylation sites (N-methyl/N-ethyl adjacent to an activating group) is 1. The van der Waals surface area contributed by atoms with Crippen molar-refractivity contribution < 1.29 is 23.5 Å². The average molecular weight is 294 g/mol. The Hall–Kier alpha value is -1.72. The molecule has 1 rings (SSSR count). The van der Waals surface area contributed by atoms with E-state index in [9.17, 15) is 9.59 Å². The summed E-state index contributed by atoms with van der Waals surface area (Å²) in [5.41, 5.74) is 1.05. The van der Waals surface area contributed by atoms with E-state index in [1.54, 1.807) is 31.4 Å². The lowest BCUT2D eigenvalue weighted by molar-refractivity contribution is -0.890. The van der Waals surface area contributed by atoms with Crippen LogP contribution >= 0.6 is 0 Å². The molecule has 21 heavy (non-hydrogen) atoms. The predicted octanol–water partition coefficient (Wildman–Crippen LogP) is 1.77. The number of hydrogen-bond donors (Lipinski definition) is 0. The SMILES string of the molecule is COCC[N+](C)(C)CCOC(=O)c1ccc(C(C)=O)cc1. The third-order valence-corrected chi connectivity index (χ3v) is 3.36. The number of rotatable bonds is 8. The molecule has 0 heterocycles. The van der Waals surface area contributed by atoms with Gasteiger partial charge in [-0.15, -0.1) is 0 Å². The largest absolute Gasteiger partial charge is 0.456 e. The van der Waals surface area contributed by atoms with E-state index in [0.29, 0.717) is 24.3 Å². The topological polar surface area (TPSA) is 52.6 Å². The first-order valence-corrected chi connectivity index (χ1v) is 6.95. The van der Waals surface area contributed by atoms with E-state index in [0.717, 1.165) is 17.6 Å². The molecule has 0 saturated heterocycles. The van der Waals surface area contributed by atoms with Gasteiger partial charge >= 0.3 is 5.97 Å². The lowest BCUT2D eigenvalue weighted by Gasteiger charge is -2.29. The van der Waals surface area contributed by atoms with Gasteiger partial charge in [-0.3, -0.25) is 4.79 Å². The van der Waals surface area contributed by atoms with Crippen LogP contribution in [0.4, 0.5) is 0 Å². The van der Waals surface area contributed by atoms with Gasteiger partial charge in [0, 0.05) is 12.7 Å². The van der Waals surface area contributed by atoms with E-state index >= 15 is 0 Å². The third kappa shape index (κ3) is 6.06. The number of ketones is 1. The summed E-state index contributed by atoms with van der Waals surface area (Å²) in [4.78, 5) is 23.1. The van der Waals surface area contributed by atoms with Crippen molar-refractivity contribution in [3.63, 3.8) is 0 Å². The molecule has 0 aliphatic carbocycles. The van der Waals surface area contributed by atoms with Crippen molar-refractivity contribution in [2.24, 2.45) is 0 Å². The summed E-state index contributed by atoms with van der Waals surface area (Å²) < 4.78 is 11.0. The molecule has 0 radical (unpaired) electrons. The van der Waals surface area contributed by atoms with Crippen LogP contribution in [0, 0.1) is 0 Å². The second-order valence-electron chi connectivity index (χ2n) is 5.65. The first-order chi connectivity index (χ1) is 9.85. The molecule has 0 aliphatic heterocycles. The Morgan fingerprint density at radius 1 is 1.00 bits per heavy atom. The zero-order chi connectivity index (χ0) is 15.9. The predicted molar refractivity (Wildman–Crippen MR) is 80.4 cm³/mol. The first kappa shape index (κ1) is 17.3. The van der Waals surface area contributed by atoms with Gasteiger partial charge in [-0.25, -0.2) is 4.79 Å². The van der Waals surface area contributed by atoms with E-state index in [1.807, 2.05) is 0 Å². The van der Waals surface area contributed by atoms with Crippen molar-refractivity contribution >= 4 is 11.8 Å². The summed E-state index contributed by atoms with van der Waals surface area (Å²) in [6.07, 6.45) is 0. The highest BCUT2D eigenvalue weighted by molar-refractivity contribution is 5.96. The second-order valence-corrected chi connectivity index (χ2v) is 5.65. The van der Waals surface area contributed by atoms with E-state index < -0.39 is 0 Å². The van der Waals surface area contributed by atoms with Crippen LogP contribution in [0.25, 0.3) is 0 Å². The second kappa shape index (κ2) is 7.90. The Labute approximate surface area is 126 Å². The van der Waals surface area contributed by atoms with Crippen LogP contribution in [-0.4, -0.2) is 63.7 Å². The lowest BCUT2D eigenvalue weighted by Crippen LogP contribution is -2.44. The van der Waals surface area contributed by atoms with Gasteiger partial charge in [-0.1, -0.05) is 12.1 Å². The van der Waals surface area contributed by atoms with Crippen LogP contribution in [-0.2, 0) is 9.47 Å². The van der Waals surface area contributed by atoms with Crippen molar-refractivity contribution in [2.75, 3.05) is 47.5 Å². The molecule has 0 spiro atoms. The molecule has 5 heteroatoms. The summed E-state index contributed by atoms with van der Waals surface area (Å²) in [5.74, 6) is -0.385. The van der Waals surface area contributed by atoms with Gasteiger partial charge in [-0.05, 0) is 19.1 Å². The Bertz CT molecular complexity index is 480. The van der Waals surface area contributed by atoms with Crippen LogP contribution in [0.15, 0.2) is 24.3 Å². The number of ether oxygens (including phenoxy) is 2. The number of hydrogen-bond acceptors (Lipinski definition) is 4. The fourth-order valence-electron chi connectivity index (χ4n) is 1.76. The molecule has 0 amide bonds. The highest BCUT2D eigenvalue weighted by Gasteiger charge is 2.16. The zero-order valence-electron chi connectivity index (χ0n) is 13.2. The van der Waals surface area contributed by atoms with Gasteiger partial charge in [0.25, 0.3) is 0 Å². The minimum absolute atomic E-state index is 0.0212. The van der Waals surface area contributed by atoms with E-state index in [4.69, 9.17) is 9.47 Å². The number of carbonyl (C=O) groups is 2. The van der Waals surface area contributed by atoms with Gasteiger partial charge < -0.3 is 14.0 Å². The molecule has 0 N–H and O–H groups in total. The maximum absolute atomic E-state index is 11.9. The molecule has 0 fully saturated rings. The average Bonchev–Trinajstić information content (AvgIpc) is 2.45. The van der Waals surface area contributed by atoms with Gasteiger partial charge in [0.2, 0.25) is 0 Å². The van der Waals surface area contributed by atoms with Crippen molar-refractivity contribution in [1.82, 2.24) is 0 Å². The Morgan fingerprint density at radius 3 is 2.05 bits per heavy atom. The minimum atomic E-state index is -0.364. The molecule has 5 nitrogen and oxygen atoms in total. The van der Waals surface area contributed by atoms with Gasteiger partial charge in [0.1, 0.15) is 19.7 Å². The van der Waals surface area contributed by atoms with E-state index in [1.165, 1.54) is 6.92 Å². The van der Waals surface area contributed by atoms with Gasteiger partial charge in [0.15, 0.2) is 5.78 Å². The summed E-state index contributed by atoms with van der Waals surface area (Å²) in [5, 5.41) is 0. The van der Waals surface area contributed by atoms with Gasteiger partial charge in [0.05, 0.1) is 26.3 Å². The normalized spacial score (nSPS) is 11.2. The standard InChI is InChI=1S/C16H24NO4/c1-13(18)14-5-7-15(8-6-14)16(19)21-12-10-17(2,3)9-11-20-4/h5-8H,9-12H2,1-4H3/q+1. The summed E-state index contributed by atoms with van der Waals surface area (Å²) in [7, 11) is 5.80. The molecule has 1 aromatic carbocycles. The highest BCUT2D eigenvalue weighted by Crippen LogP contribution is 2.07. The van der Waals surface area contributed by atoms with Crippen LogP contribution in [0.2, 0.25) is 0 Å². The molecule has 0 bridgehead atoms. The first-order valence-electron chi connectivity index (χ1n) is 6.95. The molecule has 0 aliphatic rings. The molecule has 0 unspecified atom stereocenters. The highest BCUT2D eigenvalue weighted by atomic mass is 16.5. The third-order valence-electron chi connectivity index (χ3n) is 3.36. The van der Waals surface area contributed by atoms with E-state index in [2.05, 4.69) is 14.1 Å². The maximum Gasteiger partial charge on any atom is 0.338 e. The number of nitrogens with zero attached hydrogens (tertiary/aromatic N) is 1. The smallest absolute Gasteiger partial charge is 0.338 e. The number of Topliss-reactive ketones (excluding diaryl/α,β-unsaturated/α-hetero) is 1. The zero-order valence-corrected chi connectivity index (χ0v) is 13.2. The van der Waals surface area contributed by atoms with E-state index in [-0.39, 0.29) is 11.8 Å². The number of methoxy groups -OCH3 is 1. The van der Waals surface area contributed by atoms with Crippen LogP contribution in [0.3, 0.4) is 0 Å². The Balaban J connectivity index is 2.45. The Morgan fingerprint density at radius 2 is 1.52 bits per heavy atom. The summed E-state index contributed by atoms with van der Waals surface area (Å²) in [6, 6.07) is 6.50. The lowest BCUT2D eigenvalue weighted by atomic mass is 10.1. The molecular formula is C16H24NO4+. The van der Waals surface area contributed by atoms with Crippen molar-refractivity contribution in [2.45, 2.75) is 6.92 Å². The fraction of sp³-hybridized carbons (Fsp3) is 0.500. The molecular weight excluding hydrogens is 270 g/mol. The monoisotopic (exact) mass is 294 g/mol. The summed E-state index contributed by atoms with van der Waals surface area (Å²) in [6.45, 7) is 4.10. The molecule has 116 valence electrons. The minimum Gasteiger partial charge on any atom is -0.456 e. The number of quaternary nitrogens is 1. The van der Waals surface area contributed by atoms with Crippen LogP contribution in [0.1, 0.15) is 27.6 Å². The number of benzene rings is 1. The Kier molecular flexibility index (Phi) is 6.52. The molecule has 0 atom stereocenters. The summed E-state index contributed by atoms with van der Waals surface area (Å²) >= 11 is 0. The fourth-order valence-corrected chi connectivity index (χ4v) is 1.76. The van der Waals surface area contributed by atoms with Crippen molar-refractivity contribution in [3.8, 4) is 0 Å². The molecule has 0 saturated carbocycles. The molecule has 1 aromatic rings. The quantitative estimate of drug-likeness (QED) is 0.416. The molecule has 0 aromatic heterocycles. The van der Waals surface area contributed by atoms with Gasteiger partial charge in [-0.2, -0.15) is 0 Å². The number of esters is 1.